The Morgan fingerprint density at radius 1 is 0.656 bits per heavy atom. The Balaban J connectivity index is 1.53. The molecule has 0 saturated heterocycles. The Labute approximate surface area is 187 Å². The van der Waals surface area contributed by atoms with Crippen molar-refractivity contribution in [3.05, 3.63) is 90.5 Å². The maximum atomic E-state index is 4.48. The largest absolute Gasteiger partial charge is 0.378 e. The lowest BCUT2D eigenvalue weighted by Crippen LogP contribution is -2.08. The van der Waals surface area contributed by atoms with Crippen LogP contribution in [0.25, 0.3) is 0 Å². The molecule has 3 N–H and O–H groups in total. The average Bonchev–Trinajstić information content (AvgIpc) is 2.81. The molecular formula is C24H24N8. The van der Waals surface area contributed by atoms with Crippen LogP contribution in [0.5, 0.6) is 0 Å². The van der Waals surface area contributed by atoms with Gasteiger partial charge in [0, 0.05) is 31.2 Å². The first-order valence-electron chi connectivity index (χ1n) is 10.1. The van der Waals surface area contributed by atoms with Crippen molar-refractivity contribution in [1.29, 1.82) is 0 Å². The van der Waals surface area contributed by atoms with Gasteiger partial charge >= 0.3 is 0 Å². The molecule has 160 valence electrons. The van der Waals surface area contributed by atoms with Crippen molar-refractivity contribution in [2.45, 2.75) is 0 Å². The summed E-state index contributed by atoms with van der Waals surface area (Å²) in [7, 11) is 4.01. The van der Waals surface area contributed by atoms with Gasteiger partial charge in [0.05, 0.1) is 6.21 Å². The zero-order valence-corrected chi connectivity index (χ0v) is 17.9. The zero-order valence-electron chi connectivity index (χ0n) is 17.9. The summed E-state index contributed by atoms with van der Waals surface area (Å²) in [5.74, 6) is 1.12. The van der Waals surface area contributed by atoms with E-state index in [-0.39, 0.29) is 0 Å². The molecule has 0 spiro atoms. The molecular weight excluding hydrogens is 400 g/mol. The van der Waals surface area contributed by atoms with Crippen LogP contribution in [0.15, 0.2) is 90.0 Å². The summed E-state index contributed by atoms with van der Waals surface area (Å²) in [4.78, 5) is 15.4. The molecule has 1 aromatic heterocycles. The monoisotopic (exact) mass is 424 g/mol. The Bertz CT molecular complexity index is 1100. The summed E-state index contributed by atoms with van der Waals surface area (Å²) in [6.45, 7) is 0. The second kappa shape index (κ2) is 10.0. The highest BCUT2D eigenvalue weighted by Gasteiger charge is 2.07. The van der Waals surface area contributed by atoms with Gasteiger partial charge in [-0.15, -0.1) is 0 Å². The molecule has 0 unspecified atom stereocenters. The summed E-state index contributed by atoms with van der Waals surface area (Å²) < 4.78 is 0. The molecule has 1 heterocycles. The number of benzene rings is 3. The third kappa shape index (κ3) is 5.79. The SMILES string of the molecule is CN(C)c1ccc(/C=N\Nc2nc(Nc3ccccc3)nc(Nc3ccccc3)n2)cc1. The van der Waals surface area contributed by atoms with E-state index in [0.29, 0.717) is 17.8 Å². The average molecular weight is 425 g/mol. The highest BCUT2D eigenvalue weighted by Crippen LogP contribution is 2.18. The van der Waals surface area contributed by atoms with E-state index in [1.807, 2.05) is 104 Å². The van der Waals surface area contributed by atoms with Crippen molar-refractivity contribution < 1.29 is 0 Å². The van der Waals surface area contributed by atoms with Gasteiger partial charge in [-0.3, -0.25) is 0 Å². The first-order valence-corrected chi connectivity index (χ1v) is 10.1. The molecule has 4 rings (SSSR count). The van der Waals surface area contributed by atoms with Gasteiger partial charge in [0.15, 0.2) is 0 Å². The van der Waals surface area contributed by atoms with E-state index in [9.17, 15) is 0 Å². The maximum absolute atomic E-state index is 4.48. The summed E-state index contributed by atoms with van der Waals surface area (Å²) in [5, 5.41) is 10.7. The van der Waals surface area contributed by atoms with Gasteiger partial charge in [0.2, 0.25) is 17.8 Å². The topological polar surface area (TPSA) is 90.4 Å². The van der Waals surface area contributed by atoms with Crippen molar-refractivity contribution in [2.75, 3.05) is 35.1 Å². The van der Waals surface area contributed by atoms with Crippen molar-refractivity contribution in [1.82, 2.24) is 15.0 Å². The van der Waals surface area contributed by atoms with Crippen LogP contribution in [0.1, 0.15) is 5.56 Å². The standard InChI is InChI=1S/C24H24N8/c1-32(2)21-15-13-18(14-16-21)17-25-31-24-29-22(26-19-9-5-3-6-10-19)28-23(30-24)27-20-11-7-4-8-12-20/h3-17H,1-2H3,(H3,26,27,28,29,30,31)/b25-17-. The summed E-state index contributed by atoms with van der Waals surface area (Å²) in [6.07, 6.45) is 1.72. The van der Waals surface area contributed by atoms with Crippen LogP contribution in [-0.2, 0) is 0 Å². The lowest BCUT2D eigenvalue weighted by atomic mass is 10.2. The number of hydrogen-bond donors (Lipinski definition) is 3. The van der Waals surface area contributed by atoms with Crippen LogP contribution < -0.4 is 21.0 Å². The van der Waals surface area contributed by atoms with Crippen molar-refractivity contribution in [2.24, 2.45) is 5.10 Å². The molecule has 0 aliphatic heterocycles. The summed E-state index contributed by atoms with van der Waals surface area (Å²) in [5.41, 5.74) is 6.74. The van der Waals surface area contributed by atoms with E-state index in [2.05, 4.69) is 36.1 Å². The van der Waals surface area contributed by atoms with E-state index in [0.717, 1.165) is 22.6 Å². The van der Waals surface area contributed by atoms with E-state index in [4.69, 9.17) is 0 Å². The molecule has 4 aromatic rings. The minimum atomic E-state index is 0.318. The van der Waals surface area contributed by atoms with E-state index in [1.54, 1.807) is 6.21 Å². The fourth-order valence-corrected chi connectivity index (χ4v) is 2.86. The predicted molar refractivity (Wildman–Crippen MR) is 131 cm³/mol. The van der Waals surface area contributed by atoms with E-state index >= 15 is 0 Å². The molecule has 32 heavy (non-hydrogen) atoms. The number of anilines is 6. The normalized spacial score (nSPS) is 10.7. The van der Waals surface area contributed by atoms with Crippen molar-refractivity contribution in [3.8, 4) is 0 Å². The maximum Gasteiger partial charge on any atom is 0.250 e. The summed E-state index contributed by atoms with van der Waals surface area (Å²) >= 11 is 0. The lowest BCUT2D eigenvalue weighted by molar-refractivity contribution is 1.04. The number of para-hydroxylation sites is 2. The second-order valence-electron chi connectivity index (χ2n) is 7.14. The minimum absolute atomic E-state index is 0.318. The van der Waals surface area contributed by atoms with Crippen LogP contribution in [0, 0.1) is 0 Å². The smallest absolute Gasteiger partial charge is 0.250 e. The highest BCUT2D eigenvalue weighted by atomic mass is 15.4. The molecule has 0 aliphatic rings. The molecule has 0 fully saturated rings. The Morgan fingerprint density at radius 2 is 1.16 bits per heavy atom. The Hall–Kier alpha value is -4.46. The molecule has 0 amide bonds. The molecule has 0 atom stereocenters. The van der Waals surface area contributed by atoms with Gasteiger partial charge in [0.25, 0.3) is 0 Å². The zero-order chi connectivity index (χ0) is 22.2. The minimum Gasteiger partial charge on any atom is -0.378 e. The van der Waals surface area contributed by atoms with Crippen LogP contribution in [0.3, 0.4) is 0 Å². The van der Waals surface area contributed by atoms with Crippen LogP contribution in [-0.4, -0.2) is 35.3 Å². The van der Waals surface area contributed by atoms with Crippen molar-refractivity contribution >= 4 is 41.1 Å². The van der Waals surface area contributed by atoms with Crippen molar-refractivity contribution in [3.63, 3.8) is 0 Å². The van der Waals surface area contributed by atoms with E-state index in [1.165, 1.54) is 0 Å². The van der Waals surface area contributed by atoms with Crippen LogP contribution in [0.4, 0.5) is 34.9 Å². The number of rotatable bonds is 8. The van der Waals surface area contributed by atoms with Gasteiger partial charge in [0.1, 0.15) is 0 Å². The molecule has 3 aromatic carbocycles. The lowest BCUT2D eigenvalue weighted by Gasteiger charge is -2.11. The fourth-order valence-electron chi connectivity index (χ4n) is 2.86. The molecule has 0 saturated carbocycles. The predicted octanol–water partition coefficient (Wildman–Crippen LogP) is 4.87. The van der Waals surface area contributed by atoms with Gasteiger partial charge < -0.3 is 15.5 Å². The molecule has 0 radical (unpaired) electrons. The molecule has 8 heteroatoms. The van der Waals surface area contributed by atoms with Crippen LogP contribution in [0.2, 0.25) is 0 Å². The number of hydrazone groups is 1. The molecule has 0 aliphatic carbocycles. The van der Waals surface area contributed by atoms with Gasteiger partial charge in [-0.2, -0.15) is 20.1 Å². The third-order valence-electron chi connectivity index (χ3n) is 4.48. The Morgan fingerprint density at radius 3 is 1.66 bits per heavy atom. The summed E-state index contributed by atoms with van der Waals surface area (Å²) in [6, 6.07) is 27.5. The number of hydrogen-bond acceptors (Lipinski definition) is 8. The Kier molecular flexibility index (Phi) is 6.52. The number of nitrogens with zero attached hydrogens (tertiary/aromatic N) is 5. The third-order valence-corrected chi connectivity index (χ3v) is 4.48. The van der Waals surface area contributed by atoms with E-state index < -0.39 is 0 Å². The number of aromatic nitrogens is 3. The first kappa shape index (κ1) is 20.8. The fraction of sp³-hybridized carbons (Fsp3) is 0.0833. The van der Waals surface area contributed by atoms with Crippen LogP contribution >= 0.6 is 0 Å². The van der Waals surface area contributed by atoms with Gasteiger partial charge in [-0.1, -0.05) is 48.5 Å². The van der Waals surface area contributed by atoms with Gasteiger partial charge in [-0.25, -0.2) is 5.43 Å². The second-order valence-corrected chi connectivity index (χ2v) is 7.14. The van der Waals surface area contributed by atoms with Gasteiger partial charge in [-0.05, 0) is 42.0 Å². The molecule has 0 bridgehead atoms. The molecule has 8 nitrogen and oxygen atoms in total. The highest BCUT2D eigenvalue weighted by molar-refractivity contribution is 5.80. The quantitative estimate of drug-likeness (QED) is 0.275. The number of nitrogens with one attached hydrogen (secondary N) is 3. The first-order chi connectivity index (χ1) is 15.7.